The molecule has 40 heavy (non-hydrogen) atoms. The van der Waals surface area contributed by atoms with Gasteiger partial charge in [-0.2, -0.15) is 0 Å². The Morgan fingerprint density at radius 1 is 1.15 bits per heavy atom. The topological polar surface area (TPSA) is 203 Å². The highest BCUT2D eigenvalue weighted by Crippen LogP contribution is 2.57. The standard InChI is InChI=1S/C27H32N4O9/c1-6-9-40-26(38)29-14-8-7-11-15(20(14)32)21(33)16-12(18(11)30(2)3)10-13-19(31(4)5)22(34)17(25(28)37)24(36)27(13,39)23(16)35/h6-8,12-13,18-19,32-33,36,39H,1,9-10H2,2-5H3,(H2,28,37)(H,29,38)/t12?,13?,18?,19-,27-/m0/s1. The Hall–Kier alpha value is -4.20. The predicted octanol–water partition coefficient (Wildman–Crippen LogP) is 0.759. The van der Waals surface area contributed by atoms with E-state index in [-0.39, 0.29) is 29.9 Å². The number of nitrogens with zero attached hydrogens (tertiary/aromatic N) is 2. The quantitative estimate of drug-likeness (QED) is 0.164. The molecule has 0 aromatic heterocycles. The zero-order valence-electron chi connectivity index (χ0n) is 22.5. The summed E-state index contributed by atoms with van der Waals surface area (Å²) in [5, 5.41) is 47.7. The molecule has 13 nitrogen and oxygen atoms in total. The van der Waals surface area contributed by atoms with Crippen LogP contribution in [0.3, 0.4) is 0 Å². The normalized spacial score (nSPS) is 27.8. The van der Waals surface area contributed by atoms with Crippen molar-refractivity contribution in [3.05, 3.63) is 52.8 Å². The van der Waals surface area contributed by atoms with Crippen molar-refractivity contribution in [1.82, 2.24) is 9.80 Å². The van der Waals surface area contributed by atoms with Gasteiger partial charge in [-0.3, -0.25) is 24.6 Å². The molecule has 7 N–H and O–H groups in total. The number of hydrogen-bond donors (Lipinski definition) is 6. The number of likely N-dealkylation sites (N-methyl/N-ethyl adjacent to an activating group) is 1. The van der Waals surface area contributed by atoms with Gasteiger partial charge in [-0.05, 0) is 46.2 Å². The minimum Gasteiger partial charge on any atom is -0.508 e. The molecule has 0 bridgehead atoms. The summed E-state index contributed by atoms with van der Waals surface area (Å²) in [6.45, 7) is 3.36. The van der Waals surface area contributed by atoms with Gasteiger partial charge >= 0.3 is 6.09 Å². The van der Waals surface area contributed by atoms with Crippen molar-refractivity contribution < 1.29 is 44.3 Å². The highest BCUT2D eigenvalue weighted by atomic mass is 16.5. The first-order valence-electron chi connectivity index (χ1n) is 12.4. The van der Waals surface area contributed by atoms with Gasteiger partial charge in [0.25, 0.3) is 5.91 Å². The lowest BCUT2D eigenvalue weighted by Gasteiger charge is -2.52. The number of rotatable bonds is 6. The highest BCUT2D eigenvalue weighted by Gasteiger charge is 2.65. The average Bonchev–Trinajstić information content (AvgIpc) is 2.86. The van der Waals surface area contributed by atoms with Gasteiger partial charge in [-0.25, -0.2) is 4.79 Å². The Morgan fingerprint density at radius 3 is 2.33 bits per heavy atom. The lowest BCUT2D eigenvalue weighted by Crippen LogP contribution is -2.66. The third kappa shape index (κ3) is 4.05. The van der Waals surface area contributed by atoms with Crippen LogP contribution in [0.25, 0.3) is 5.76 Å². The number of phenolic OH excluding ortho intramolecular Hbond substituents is 1. The van der Waals surface area contributed by atoms with Gasteiger partial charge < -0.3 is 35.8 Å². The van der Waals surface area contributed by atoms with Gasteiger partial charge in [-0.15, -0.1) is 0 Å². The monoisotopic (exact) mass is 556 g/mol. The maximum absolute atomic E-state index is 14.1. The van der Waals surface area contributed by atoms with Crippen LogP contribution in [-0.4, -0.2) is 100 Å². The van der Waals surface area contributed by atoms with E-state index in [9.17, 15) is 39.6 Å². The summed E-state index contributed by atoms with van der Waals surface area (Å²) in [7, 11) is 6.49. The Bertz CT molecular complexity index is 1400. The number of ketones is 2. The van der Waals surface area contributed by atoms with E-state index in [1.165, 1.54) is 31.1 Å². The Kier molecular flexibility index (Phi) is 7.26. The van der Waals surface area contributed by atoms with Crippen molar-refractivity contribution in [2.24, 2.45) is 17.6 Å². The fraction of sp³-hybridized carbons (Fsp3) is 0.407. The van der Waals surface area contributed by atoms with Crippen LogP contribution in [0, 0.1) is 11.8 Å². The maximum atomic E-state index is 14.1. The molecule has 1 saturated carbocycles. The van der Waals surface area contributed by atoms with Gasteiger partial charge in [0.2, 0.25) is 5.78 Å². The molecular weight excluding hydrogens is 524 g/mol. The molecule has 2 amide bonds. The number of aliphatic hydroxyl groups is 3. The third-order valence-corrected chi connectivity index (χ3v) is 7.83. The number of primary amides is 1. The van der Waals surface area contributed by atoms with Crippen LogP contribution in [0.1, 0.15) is 23.6 Å². The van der Waals surface area contributed by atoms with Crippen LogP contribution in [0.2, 0.25) is 0 Å². The number of ether oxygens (including phenoxy) is 1. The van der Waals surface area contributed by atoms with Crippen LogP contribution in [0.5, 0.6) is 5.75 Å². The Morgan fingerprint density at radius 2 is 1.77 bits per heavy atom. The zero-order valence-corrected chi connectivity index (χ0v) is 22.5. The van der Waals surface area contributed by atoms with E-state index in [4.69, 9.17) is 10.5 Å². The fourth-order valence-electron chi connectivity index (χ4n) is 6.26. The second-order valence-corrected chi connectivity index (χ2v) is 10.5. The average molecular weight is 557 g/mol. The molecule has 1 aromatic rings. The molecule has 0 heterocycles. The van der Waals surface area contributed by atoms with Gasteiger partial charge in [0.15, 0.2) is 11.4 Å². The van der Waals surface area contributed by atoms with Crippen molar-refractivity contribution in [1.29, 1.82) is 0 Å². The predicted molar refractivity (Wildman–Crippen MR) is 142 cm³/mol. The van der Waals surface area contributed by atoms with Crippen molar-refractivity contribution in [3.63, 3.8) is 0 Å². The molecule has 214 valence electrons. The van der Waals surface area contributed by atoms with Crippen LogP contribution in [-0.2, 0) is 19.1 Å². The molecule has 1 fully saturated rings. The Labute approximate surface area is 229 Å². The van der Waals surface area contributed by atoms with Gasteiger partial charge in [0.05, 0.1) is 17.3 Å². The molecule has 1 aromatic carbocycles. The van der Waals surface area contributed by atoms with E-state index in [2.05, 4.69) is 11.9 Å². The number of carbonyl (C=O) groups is 4. The summed E-state index contributed by atoms with van der Waals surface area (Å²) in [6.07, 6.45) is 0.384. The van der Waals surface area contributed by atoms with Crippen LogP contribution in [0.4, 0.5) is 10.5 Å². The number of aromatic hydroxyl groups is 1. The van der Waals surface area contributed by atoms with Gasteiger partial charge in [-0.1, -0.05) is 18.7 Å². The molecule has 3 aliphatic rings. The summed E-state index contributed by atoms with van der Waals surface area (Å²) < 4.78 is 4.88. The first kappa shape index (κ1) is 28.8. The van der Waals surface area contributed by atoms with E-state index in [0.717, 1.165) is 0 Å². The summed E-state index contributed by atoms with van der Waals surface area (Å²) in [5.74, 6) is -7.69. The molecule has 4 rings (SSSR count). The summed E-state index contributed by atoms with van der Waals surface area (Å²) in [5.41, 5.74) is 1.52. The van der Waals surface area contributed by atoms with Crippen LogP contribution >= 0.6 is 0 Å². The lowest BCUT2D eigenvalue weighted by molar-refractivity contribution is -0.154. The fourth-order valence-corrected chi connectivity index (χ4v) is 6.26. The SMILES string of the molecule is C=CCOC(=O)Nc1ccc2c(c1O)C(O)=C1C(=O)[C@]3(O)C(O)=C(C(N)=O)C(=O)[C@@H](N(C)C)C3CC1C2N(C)C. The third-order valence-electron chi connectivity index (χ3n) is 7.83. The number of nitrogens with one attached hydrogen (secondary N) is 1. The highest BCUT2D eigenvalue weighted by molar-refractivity contribution is 6.24. The molecule has 3 unspecified atom stereocenters. The lowest BCUT2D eigenvalue weighted by atomic mass is 9.56. The summed E-state index contributed by atoms with van der Waals surface area (Å²) in [6, 6.07) is 1.14. The minimum absolute atomic E-state index is 0.0662. The number of benzene rings is 1. The number of hydrogen-bond acceptors (Lipinski definition) is 11. The molecule has 0 aliphatic heterocycles. The van der Waals surface area contributed by atoms with Gasteiger partial charge in [0, 0.05) is 23.5 Å². The van der Waals surface area contributed by atoms with Crippen LogP contribution in [0.15, 0.2) is 41.7 Å². The molecule has 0 spiro atoms. The molecular formula is C27H32N4O9. The number of anilines is 1. The van der Waals surface area contributed by atoms with Crippen molar-refractivity contribution in [3.8, 4) is 5.75 Å². The van der Waals surface area contributed by atoms with Crippen molar-refractivity contribution >= 4 is 35.0 Å². The van der Waals surface area contributed by atoms with Gasteiger partial charge in [0.1, 0.15) is 29.4 Å². The molecule has 3 aliphatic carbocycles. The smallest absolute Gasteiger partial charge is 0.412 e. The minimum atomic E-state index is -2.76. The first-order valence-corrected chi connectivity index (χ1v) is 12.4. The van der Waals surface area contributed by atoms with E-state index in [1.54, 1.807) is 25.1 Å². The number of Topliss-reactive ketones (excluding diaryl/α,β-unsaturated/α-hetero) is 2. The maximum Gasteiger partial charge on any atom is 0.412 e. The second kappa shape index (κ2) is 10.1. The number of nitrogens with two attached hydrogens (primary N) is 1. The van der Waals surface area contributed by atoms with E-state index in [1.807, 2.05) is 0 Å². The zero-order chi connectivity index (χ0) is 29.8. The molecule has 13 heteroatoms. The van der Waals surface area contributed by atoms with E-state index in [0.29, 0.717) is 5.56 Å². The largest absolute Gasteiger partial charge is 0.508 e. The van der Waals surface area contributed by atoms with E-state index >= 15 is 0 Å². The molecule has 5 atom stereocenters. The molecule has 0 radical (unpaired) electrons. The number of fused-ring (bicyclic) bond motifs is 3. The number of aliphatic hydroxyl groups excluding tert-OH is 2. The number of amides is 2. The first-order chi connectivity index (χ1) is 18.7. The molecule has 0 saturated heterocycles. The Balaban J connectivity index is 1.95. The van der Waals surface area contributed by atoms with Crippen LogP contribution < -0.4 is 11.1 Å². The number of carbonyl (C=O) groups excluding carboxylic acids is 4. The second-order valence-electron chi connectivity index (χ2n) is 10.5. The summed E-state index contributed by atoms with van der Waals surface area (Å²) in [4.78, 5) is 54.8. The van der Waals surface area contributed by atoms with Crippen molar-refractivity contribution in [2.45, 2.75) is 24.1 Å². The number of phenols is 1. The van der Waals surface area contributed by atoms with Crippen molar-refractivity contribution in [2.75, 3.05) is 40.1 Å². The van der Waals surface area contributed by atoms with E-state index < -0.39 is 75.9 Å². The summed E-state index contributed by atoms with van der Waals surface area (Å²) >= 11 is 0.